The summed E-state index contributed by atoms with van der Waals surface area (Å²) in [4.78, 5) is 2.24. The number of benzene rings is 2. The molecule has 1 fully saturated rings. The van der Waals surface area contributed by atoms with Crippen LogP contribution in [0, 0.1) is 0 Å². The highest BCUT2D eigenvalue weighted by molar-refractivity contribution is 6.31. The number of phenols is 1. The largest absolute Gasteiger partial charge is 0.508 e. The van der Waals surface area contributed by atoms with Gasteiger partial charge in [0.05, 0.1) is 12.7 Å². The van der Waals surface area contributed by atoms with Crippen LogP contribution in [-0.4, -0.2) is 29.7 Å². The fourth-order valence-electron chi connectivity index (χ4n) is 2.65. The van der Waals surface area contributed by atoms with Crippen molar-refractivity contribution < 1.29 is 9.84 Å². The second kappa shape index (κ2) is 6.88. The van der Waals surface area contributed by atoms with Crippen LogP contribution < -0.4 is 0 Å². The number of hydrogen-bond acceptors (Lipinski definition) is 3. The fraction of sp³-hybridized carbons (Fsp3) is 0.294. The highest BCUT2D eigenvalue weighted by atomic mass is 35.5. The summed E-state index contributed by atoms with van der Waals surface area (Å²) in [6.07, 6.45) is 0.00986. The van der Waals surface area contributed by atoms with Gasteiger partial charge in [-0.15, -0.1) is 0 Å². The van der Waals surface area contributed by atoms with E-state index in [2.05, 4.69) is 4.90 Å². The van der Waals surface area contributed by atoms with E-state index >= 15 is 0 Å². The molecule has 1 aliphatic heterocycles. The number of phenolic OH excluding ortho intramolecular Hbond substituents is 1. The van der Waals surface area contributed by atoms with Crippen LogP contribution in [0.4, 0.5) is 0 Å². The topological polar surface area (TPSA) is 32.7 Å². The molecule has 0 amide bonds. The van der Waals surface area contributed by atoms with E-state index in [0.717, 1.165) is 29.2 Å². The van der Waals surface area contributed by atoms with Gasteiger partial charge in [0.2, 0.25) is 0 Å². The summed E-state index contributed by atoms with van der Waals surface area (Å²) in [6, 6.07) is 12.9. The lowest BCUT2D eigenvalue weighted by Gasteiger charge is -2.33. The predicted molar refractivity (Wildman–Crippen MR) is 88.5 cm³/mol. The van der Waals surface area contributed by atoms with Crippen LogP contribution in [0.25, 0.3) is 0 Å². The van der Waals surface area contributed by atoms with Gasteiger partial charge in [-0.1, -0.05) is 41.4 Å². The molecule has 3 nitrogen and oxygen atoms in total. The maximum absolute atomic E-state index is 9.98. The summed E-state index contributed by atoms with van der Waals surface area (Å²) in [5, 5.41) is 11.3. The van der Waals surface area contributed by atoms with Gasteiger partial charge in [-0.05, 0) is 29.8 Å². The summed E-state index contributed by atoms with van der Waals surface area (Å²) < 4.78 is 5.85. The number of aromatic hydroxyl groups is 1. The average Bonchev–Trinajstić information content (AvgIpc) is 2.52. The van der Waals surface area contributed by atoms with E-state index in [-0.39, 0.29) is 11.9 Å². The Morgan fingerprint density at radius 2 is 1.91 bits per heavy atom. The first kappa shape index (κ1) is 15.6. The average molecular weight is 338 g/mol. The van der Waals surface area contributed by atoms with Gasteiger partial charge in [-0.3, -0.25) is 4.90 Å². The summed E-state index contributed by atoms with van der Waals surface area (Å²) in [6.45, 7) is 2.83. The van der Waals surface area contributed by atoms with Crippen molar-refractivity contribution in [2.24, 2.45) is 0 Å². The van der Waals surface area contributed by atoms with E-state index in [0.29, 0.717) is 18.2 Å². The predicted octanol–water partition coefficient (Wildman–Crippen LogP) is 4.27. The lowest BCUT2D eigenvalue weighted by Crippen LogP contribution is -2.37. The van der Waals surface area contributed by atoms with Gasteiger partial charge in [-0.2, -0.15) is 0 Å². The van der Waals surface area contributed by atoms with Crippen molar-refractivity contribution in [3.63, 3.8) is 0 Å². The van der Waals surface area contributed by atoms with Crippen LogP contribution >= 0.6 is 23.2 Å². The van der Waals surface area contributed by atoms with Crippen LogP contribution in [0.15, 0.2) is 42.5 Å². The molecule has 116 valence electrons. The molecule has 5 heteroatoms. The van der Waals surface area contributed by atoms with Gasteiger partial charge in [-0.25, -0.2) is 0 Å². The Bertz CT molecular complexity index is 625. The van der Waals surface area contributed by atoms with Crippen molar-refractivity contribution in [3.05, 3.63) is 63.6 Å². The Labute approximate surface area is 140 Å². The Morgan fingerprint density at radius 1 is 1.14 bits per heavy atom. The SMILES string of the molecule is Oc1cccc(Cl)c1CN1CCO[C@@H](c2ccc(Cl)cc2)C1. The molecule has 1 aliphatic rings. The quantitative estimate of drug-likeness (QED) is 0.907. The standard InChI is InChI=1S/C17H17Cl2NO2/c18-13-6-4-12(5-7-13)17-11-20(8-9-22-17)10-14-15(19)2-1-3-16(14)21/h1-7,17,21H,8-11H2/t17-/m1/s1. The zero-order valence-corrected chi connectivity index (χ0v) is 13.5. The minimum absolute atomic E-state index is 0.00986. The summed E-state index contributed by atoms with van der Waals surface area (Å²) in [7, 11) is 0. The maximum Gasteiger partial charge on any atom is 0.121 e. The van der Waals surface area contributed by atoms with Crippen molar-refractivity contribution in [1.29, 1.82) is 0 Å². The Balaban J connectivity index is 1.72. The Morgan fingerprint density at radius 3 is 2.64 bits per heavy atom. The molecule has 0 unspecified atom stereocenters. The molecule has 0 saturated carbocycles. The number of morpholine rings is 1. The van der Waals surface area contributed by atoms with Crippen molar-refractivity contribution in [1.82, 2.24) is 4.90 Å². The van der Waals surface area contributed by atoms with Gasteiger partial charge in [0.1, 0.15) is 5.75 Å². The molecule has 2 aromatic rings. The minimum atomic E-state index is 0.00986. The second-order valence-corrected chi connectivity index (χ2v) is 6.23. The smallest absolute Gasteiger partial charge is 0.121 e. The summed E-state index contributed by atoms with van der Waals surface area (Å²) >= 11 is 12.1. The third kappa shape index (κ3) is 3.55. The molecule has 0 spiro atoms. The lowest BCUT2D eigenvalue weighted by molar-refractivity contribution is -0.0330. The first-order valence-electron chi connectivity index (χ1n) is 7.19. The first-order chi connectivity index (χ1) is 10.6. The molecule has 0 radical (unpaired) electrons. The molecular weight excluding hydrogens is 321 g/mol. The second-order valence-electron chi connectivity index (χ2n) is 5.38. The Kier molecular flexibility index (Phi) is 4.89. The summed E-state index contributed by atoms with van der Waals surface area (Å²) in [5.41, 5.74) is 1.87. The van der Waals surface area contributed by atoms with Crippen LogP contribution in [0.3, 0.4) is 0 Å². The van der Waals surface area contributed by atoms with Gasteiger partial charge in [0.25, 0.3) is 0 Å². The van der Waals surface area contributed by atoms with Gasteiger partial charge < -0.3 is 9.84 Å². The number of halogens is 2. The zero-order chi connectivity index (χ0) is 15.5. The van der Waals surface area contributed by atoms with E-state index in [1.807, 2.05) is 24.3 Å². The molecule has 1 heterocycles. The molecular formula is C17H17Cl2NO2. The van der Waals surface area contributed by atoms with Crippen molar-refractivity contribution in [3.8, 4) is 5.75 Å². The molecule has 3 rings (SSSR count). The number of nitrogens with zero attached hydrogens (tertiary/aromatic N) is 1. The lowest BCUT2D eigenvalue weighted by atomic mass is 10.1. The number of ether oxygens (including phenoxy) is 1. The van der Waals surface area contributed by atoms with E-state index in [9.17, 15) is 5.11 Å². The highest BCUT2D eigenvalue weighted by Crippen LogP contribution is 2.29. The molecule has 0 bridgehead atoms. The first-order valence-corrected chi connectivity index (χ1v) is 7.95. The molecule has 0 aliphatic carbocycles. The van der Waals surface area contributed by atoms with E-state index < -0.39 is 0 Å². The van der Waals surface area contributed by atoms with Gasteiger partial charge >= 0.3 is 0 Å². The fourth-order valence-corrected chi connectivity index (χ4v) is 3.01. The third-order valence-electron chi connectivity index (χ3n) is 3.87. The Hall–Kier alpha value is -1.26. The molecule has 2 aromatic carbocycles. The van der Waals surface area contributed by atoms with E-state index in [4.69, 9.17) is 27.9 Å². The van der Waals surface area contributed by atoms with Gasteiger partial charge in [0, 0.05) is 35.2 Å². The van der Waals surface area contributed by atoms with Crippen LogP contribution in [-0.2, 0) is 11.3 Å². The normalized spacial score (nSPS) is 19.3. The van der Waals surface area contributed by atoms with E-state index in [1.165, 1.54) is 0 Å². The maximum atomic E-state index is 9.98. The van der Waals surface area contributed by atoms with E-state index in [1.54, 1.807) is 18.2 Å². The number of hydrogen-bond donors (Lipinski definition) is 1. The molecule has 1 N–H and O–H groups in total. The van der Waals surface area contributed by atoms with Crippen molar-refractivity contribution in [2.45, 2.75) is 12.6 Å². The summed E-state index contributed by atoms with van der Waals surface area (Å²) in [5.74, 6) is 0.238. The van der Waals surface area contributed by atoms with Crippen LogP contribution in [0.1, 0.15) is 17.2 Å². The van der Waals surface area contributed by atoms with Crippen molar-refractivity contribution >= 4 is 23.2 Å². The molecule has 1 atom stereocenters. The molecule has 0 aromatic heterocycles. The number of rotatable bonds is 3. The molecule has 22 heavy (non-hydrogen) atoms. The highest BCUT2D eigenvalue weighted by Gasteiger charge is 2.23. The third-order valence-corrected chi connectivity index (χ3v) is 4.47. The van der Waals surface area contributed by atoms with Crippen LogP contribution in [0.2, 0.25) is 10.0 Å². The monoisotopic (exact) mass is 337 g/mol. The van der Waals surface area contributed by atoms with Crippen molar-refractivity contribution in [2.75, 3.05) is 19.7 Å². The minimum Gasteiger partial charge on any atom is -0.508 e. The zero-order valence-electron chi connectivity index (χ0n) is 12.0. The molecule has 1 saturated heterocycles. The van der Waals surface area contributed by atoms with Crippen LogP contribution in [0.5, 0.6) is 5.75 Å². The van der Waals surface area contributed by atoms with Gasteiger partial charge in [0.15, 0.2) is 0 Å².